The second kappa shape index (κ2) is 10.8. The van der Waals surface area contributed by atoms with Crippen molar-refractivity contribution in [2.24, 2.45) is 0 Å². The maximum atomic E-state index is 2.41. The van der Waals surface area contributed by atoms with Crippen molar-refractivity contribution in [1.82, 2.24) is 0 Å². The Bertz CT molecular complexity index is 902. The zero-order valence-corrected chi connectivity index (χ0v) is 20.8. The van der Waals surface area contributed by atoms with Crippen LogP contribution in [0.3, 0.4) is 0 Å². The van der Waals surface area contributed by atoms with Gasteiger partial charge < -0.3 is 37.2 Å². The molecular weight excluding hydrogens is 467 g/mol. The summed E-state index contributed by atoms with van der Waals surface area (Å²) in [6.07, 6.45) is 4.70. The summed E-state index contributed by atoms with van der Waals surface area (Å²) in [6.45, 7) is 4.52. The van der Waals surface area contributed by atoms with Crippen LogP contribution in [0.2, 0.25) is 3.72 Å². The molecule has 1 unspecified atom stereocenters. The van der Waals surface area contributed by atoms with E-state index in [0.717, 1.165) is 0 Å². The summed E-state index contributed by atoms with van der Waals surface area (Å²) < 4.78 is -0.152. The van der Waals surface area contributed by atoms with Gasteiger partial charge in [0.05, 0.1) is 0 Å². The maximum Gasteiger partial charge on any atom is -1.00 e. The van der Waals surface area contributed by atoms with Gasteiger partial charge in [-0.05, 0) is 0 Å². The molecule has 0 nitrogen and oxygen atoms in total. The van der Waals surface area contributed by atoms with E-state index in [-0.39, 0.29) is 46.4 Å². The zero-order chi connectivity index (χ0) is 18.9. The standard InChI is InChI=1S/C26H23.3ClH.Ti/c1-20-18-19-25(21(20)2)26(22-12-6-3-7-13-22,23-14-8-4-9-15-23)24-16-10-5-11-17-24;;;;/h3-19H,1-2H3;3*1H;/q;;;;+3/p-3. The van der Waals surface area contributed by atoms with E-state index in [0.29, 0.717) is 0 Å². The zero-order valence-electron chi connectivity index (χ0n) is 16.9. The third kappa shape index (κ3) is 4.09. The minimum Gasteiger partial charge on any atom is -1.00 e. The van der Waals surface area contributed by atoms with Gasteiger partial charge in [0.15, 0.2) is 0 Å². The normalized spacial score (nSPS) is 17.6. The van der Waals surface area contributed by atoms with E-state index in [1.807, 2.05) is 0 Å². The van der Waals surface area contributed by atoms with Crippen LogP contribution in [0.5, 0.6) is 0 Å². The van der Waals surface area contributed by atoms with E-state index < -0.39 is 0 Å². The van der Waals surface area contributed by atoms with E-state index in [1.165, 1.54) is 27.8 Å². The van der Waals surface area contributed by atoms with Crippen molar-refractivity contribution in [3.8, 4) is 0 Å². The summed E-state index contributed by atoms with van der Waals surface area (Å²) in [5.74, 6) is 0. The molecule has 3 aromatic rings. The van der Waals surface area contributed by atoms with Crippen molar-refractivity contribution in [3.05, 3.63) is 131 Å². The molecule has 0 saturated carbocycles. The predicted molar refractivity (Wildman–Crippen MR) is 109 cm³/mol. The van der Waals surface area contributed by atoms with Crippen molar-refractivity contribution in [1.29, 1.82) is 0 Å². The van der Waals surface area contributed by atoms with E-state index >= 15 is 0 Å². The number of hydrogen-bond donors (Lipinski definition) is 0. The first-order chi connectivity index (χ1) is 13.1. The summed E-state index contributed by atoms with van der Waals surface area (Å²) in [5.41, 5.74) is 6.47. The predicted octanol–water partition coefficient (Wildman–Crippen LogP) is -2.36. The molecule has 0 radical (unpaired) electrons. The Labute approximate surface area is 210 Å². The molecule has 0 saturated heterocycles. The Hall–Kier alpha value is -1.28. The van der Waals surface area contributed by atoms with Crippen molar-refractivity contribution in [2.45, 2.75) is 23.0 Å². The smallest absolute Gasteiger partial charge is 1.00 e. The second-order valence-electron chi connectivity index (χ2n) is 7.30. The maximum absolute atomic E-state index is 2.41. The Kier molecular flexibility index (Phi) is 9.68. The molecule has 0 N–H and O–H groups in total. The van der Waals surface area contributed by atoms with Crippen LogP contribution in [0.4, 0.5) is 0 Å². The molecule has 0 amide bonds. The van der Waals surface area contributed by atoms with Crippen LogP contribution in [-0.2, 0) is 25.9 Å². The molecule has 1 aliphatic rings. The second-order valence-corrected chi connectivity index (χ2v) is 8.53. The molecule has 0 aromatic heterocycles. The molecule has 4 rings (SSSR count). The fraction of sp³-hybridized carbons (Fsp3) is 0.154. The summed E-state index contributed by atoms with van der Waals surface area (Å²) in [4.78, 5) is 0. The molecule has 1 aliphatic carbocycles. The number of rotatable bonds is 4. The fourth-order valence-electron chi connectivity index (χ4n) is 4.46. The van der Waals surface area contributed by atoms with Crippen LogP contribution in [0, 0.1) is 0 Å². The van der Waals surface area contributed by atoms with Gasteiger partial charge in [-0.15, -0.1) is 0 Å². The molecule has 0 heterocycles. The largest absolute Gasteiger partial charge is 1.00 e. The van der Waals surface area contributed by atoms with Crippen molar-refractivity contribution in [2.75, 3.05) is 0 Å². The molecule has 0 bridgehead atoms. The van der Waals surface area contributed by atoms with Crippen LogP contribution in [0.25, 0.3) is 0 Å². The molecule has 30 heavy (non-hydrogen) atoms. The molecule has 4 heteroatoms. The Balaban J connectivity index is 0.00000150. The summed E-state index contributed by atoms with van der Waals surface area (Å²) in [5, 5.41) is 0. The van der Waals surface area contributed by atoms with Crippen LogP contribution >= 0.6 is 0 Å². The first-order valence-electron chi connectivity index (χ1n) is 9.39. The Morgan fingerprint density at radius 2 is 0.933 bits per heavy atom. The Morgan fingerprint density at radius 1 is 0.600 bits per heavy atom. The molecule has 3 aromatic carbocycles. The van der Waals surface area contributed by atoms with Crippen LogP contribution in [0.15, 0.2) is 114 Å². The molecule has 1 atom stereocenters. The third-order valence-electron chi connectivity index (χ3n) is 5.98. The fourth-order valence-corrected chi connectivity index (χ4v) is 5.58. The minimum absolute atomic E-state index is 0. The summed E-state index contributed by atoms with van der Waals surface area (Å²) in [6, 6.07) is 32.9. The molecular formula is C26H23Cl3Ti. The summed E-state index contributed by atoms with van der Waals surface area (Å²) in [7, 11) is 0. The summed E-state index contributed by atoms with van der Waals surface area (Å²) >= 11 is 2.39. The molecule has 0 aliphatic heterocycles. The van der Waals surface area contributed by atoms with Crippen LogP contribution < -0.4 is 37.2 Å². The van der Waals surface area contributed by atoms with Gasteiger partial charge in [0, 0.05) is 0 Å². The topological polar surface area (TPSA) is 0 Å². The molecule has 152 valence electrons. The first kappa shape index (κ1) is 26.8. The van der Waals surface area contributed by atoms with Gasteiger partial charge in [-0.25, -0.2) is 0 Å². The number of benzene rings is 3. The average molecular weight is 490 g/mol. The number of halogens is 3. The van der Waals surface area contributed by atoms with Crippen molar-refractivity contribution in [3.63, 3.8) is 0 Å². The minimum atomic E-state index is -0.297. The van der Waals surface area contributed by atoms with Gasteiger partial charge in [0.2, 0.25) is 0 Å². The van der Waals surface area contributed by atoms with Gasteiger partial charge in [0.1, 0.15) is 0 Å². The van der Waals surface area contributed by atoms with Crippen molar-refractivity contribution >= 4 is 0 Å². The van der Waals surface area contributed by atoms with Gasteiger partial charge >= 0.3 is 174 Å². The van der Waals surface area contributed by atoms with E-state index in [4.69, 9.17) is 0 Å². The SMILES string of the molecule is CC1=C(C)[C]([Ti+3])(C(c2ccccc2)(c2ccccc2)c2ccccc2)C=C1.[Cl-].[Cl-].[Cl-]. The van der Waals surface area contributed by atoms with Gasteiger partial charge in [-0.2, -0.15) is 0 Å². The van der Waals surface area contributed by atoms with Gasteiger partial charge in [-0.1, -0.05) is 0 Å². The first-order valence-corrected chi connectivity index (χ1v) is 10.2. The van der Waals surface area contributed by atoms with E-state index in [1.54, 1.807) is 0 Å². The quantitative estimate of drug-likeness (QED) is 0.284. The number of hydrogen-bond acceptors (Lipinski definition) is 0. The number of allylic oxidation sites excluding steroid dienone is 4. The van der Waals surface area contributed by atoms with E-state index in [2.05, 4.69) is 137 Å². The molecule has 0 fully saturated rings. The monoisotopic (exact) mass is 488 g/mol. The van der Waals surface area contributed by atoms with Crippen LogP contribution in [-0.4, -0.2) is 0 Å². The van der Waals surface area contributed by atoms with Gasteiger partial charge in [0.25, 0.3) is 0 Å². The molecule has 0 spiro atoms. The Morgan fingerprint density at radius 3 is 1.20 bits per heavy atom. The van der Waals surface area contributed by atoms with Crippen molar-refractivity contribution < 1.29 is 57.7 Å². The van der Waals surface area contributed by atoms with E-state index in [9.17, 15) is 0 Å². The third-order valence-corrected chi connectivity index (χ3v) is 7.41. The van der Waals surface area contributed by atoms with Gasteiger partial charge in [-0.3, -0.25) is 0 Å². The average Bonchev–Trinajstić information content (AvgIpc) is 2.99. The van der Waals surface area contributed by atoms with Crippen LogP contribution in [0.1, 0.15) is 30.5 Å².